The molecule has 1 heterocycles. The first-order valence-electron chi connectivity index (χ1n) is 10.6. The Labute approximate surface area is 176 Å². The zero-order valence-electron chi connectivity index (χ0n) is 18.2. The summed E-state index contributed by atoms with van der Waals surface area (Å²) in [4.78, 5) is 0. The Morgan fingerprint density at radius 2 is 1.52 bits per heavy atom. The van der Waals surface area contributed by atoms with Crippen molar-refractivity contribution in [2.75, 3.05) is 33.5 Å². The maximum Gasteiger partial charge on any atom is 0.261 e. The Morgan fingerprint density at radius 3 is 2.03 bits per heavy atom. The van der Waals surface area contributed by atoms with Crippen molar-refractivity contribution in [3.8, 4) is 0 Å². The van der Waals surface area contributed by atoms with Gasteiger partial charge in [0.25, 0.3) is 8.32 Å². The normalized spacial score (nSPS) is 20.1. The van der Waals surface area contributed by atoms with Gasteiger partial charge in [-0.05, 0) is 21.8 Å². The zero-order chi connectivity index (χ0) is 20.7. The molecule has 4 nitrogen and oxygen atoms in total. The van der Waals surface area contributed by atoms with Crippen molar-refractivity contribution in [3.63, 3.8) is 0 Å². The van der Waals surface area contributed by atoms with Gasteiger partial charge >= 0.3 is 0 Å². The standard InChI is InChI=1S/C24H35NO3Si/c1-24(2,3)29(22-11-7-5-8-12-22,23-13-9-6-10-14-23)28-21-17-20(25-18-21)19-27-16-15-26-4/h5-14,20-21,25H,15-19H2,1-4H3/t20-,21-/m0/s1. The maximum atomic E-state index is 7.19. The first kappa shape index (κ1) is 22.2. The van der Waals surface area contributed by atoms with Crippen molar-refractivity contribution >= 4 is 18.7 Å². The van der Waals surface area contributed by atoms with Gasteiger partial charge in [-0.1, -0.05) is 81.4 Å². The van der Waals surface area contributed by atoms with Crippen LogP contribution in [0.25, 0.3) is 0 Å². The summed E-state index contributed by atoms with van der Waals surface area (Å²) in [5.41, 5.74) is 0. The Kier molecular flexibility index (Phi) is 7.65. The summed E-state index contributed by atoms with van der Waals surface area (Å²) >= 11 is 0. The lowest BCUT2D eigenvalue weighted by molar-refractivity contribution is 0.0597. The molecular weight excluding hydrogens is 378 g/mol. The fraction of sp³-hybridized carbons (Fsp3) is 0.500. The van der Waals surface area contributed by atoms with Crippen molar-refractivity contribution in [2.45, 2.75) is 44.4 Å². The molecule has 2 atom stereocenters. The second-order valence-corrected chi connectivity index (χ2v) is 13.1. The highest BCUT2D eigenvalue weighted by atomic mass is 28.4. The van der Waals surface area contributed by atoms with E-state index >= 15 is 0 Å². The third kappa shape index (κ3) is 5.16. The lowest BCUT2D eigenvalue weighted by Gasteiger charge is -2.44. The summed E-state index contributed by atoms with van der Waals surface area (Å²) in [5, 5.41) is 6.26. The largest absolute Gasteiger partial charge is 0.403 e. The van der Waals surface area contributed by atoms with E-state index < -0.39 is 8.32 Å². The molecule has 0 amide bonds. The van der Waals surface area contributed by atoms with E-state index in [1.165, 1.54) is 10.4 Å². The Hall–Kier alpha value is -1.50. The maximum absolute atomic E-state index is 7.19. The number of methoxy groups -OCH3 is 1. The second kappa shape index (κ2) is 10.0. The fourth-order valence-corrected chi connectivity index (χ4v) is 9.00. The van der Waals surface area contributed by atoms with Gasteiger partial charge in [0, 0.05) is 19.7 Å². The molecule has 0 aromatic heterocycles. The van der Waals surface area contributed by atoms with Gasteiger partial charge in [-0.15, -0.1) is 0 Å². The second-order valence-electron chi connectivity index (χ2n) is 8.81. The minimum atomic E-state index is -2.49. The van der Waals surface area contributed by atoms with Crippen LogP contribution in [0.3, 0.4) is 0 Å². The quantitative estimate of drug-likeness (QED) is 0.507. The summed E-state index contributed by atoms with van der Waals surface area (Å²) in [6.45, 7) is 9.81. The van der Waals surface area contributed by atoms with E-state index in [-0.39, 0.29) is 11.1 Å². The lowest BCUT2D eigenvalue weighted by atomic mass is 10.2. The molecular formula is C24H35NO3Si. The monoisotopic (exact) mass is 413 g/mol. The van der Waals surface area contributed by atoms with E-state index in [2.05, 4.69) is 86.8 Å². The van der Waals surface area contributed by atoms with Crippen molar-refractivity contribution in [1.82, 2.24) is 5.32 Å². The first-order valence-corrected chi connectivity index (χ1v) is 12.5. The number of nitrogens with one attached hydrogen (secondary N) is 1. The molecule has 1 N–H and O–H groups in total. The number of ether oxygens (including phenoxy) is 2. The highest BCUT2D eigenvalue weighted by Crippen LogP contribution is 2.38. The molecule has 5 heteroatoms. The highest BCUT2D eigenvalue weighted by molar-refractivity contribution is 6.99. The van der Waals surface area contributed by atoms with Crippen LogP contribution in [-0.4, -0.2) is 53.9 Å². The third-order valence-corrected chi connectivity index (χ3v) is 10.8. The number of benzene rings is 2. The van der Waals surface area contributed by atoms with Gasteiger partial charge in [-0.2, -0.15) is 0 Å². The molecule has 0 spiro atoms. The van der Waals surface area contributed by atoms with Crippen LogP contribution in [-0.2, 0) is 13.9 Å². The predicted molar refractivity (Wildman–Crippen MR) is 122 cm³/mol. The minimum Gasteiger partial charge on any atom is -0.403 e. The molecule has 0 unspecified atom stereocenters. The van der Waals surface area contributed by atoms with Gasteiger partial charge in [0.1, 0.15) is 0 Å². The van der Waals surface area contributed by atoms with Crippen LogP contribution in [0.5, 0.6) is 0 Å². The Morgan fingerprint density at radius 1 is 0.931 bits per heavy atom. The molecule has 1 saturated heterocycles. The van der Waals surface area contributed by atoms with Crippen LogP contribution in [0.15, 0.2) is 60.7 Å². The van der Waals surface area contributed by atoms with E-state index in [0.717, 1.165) is 13.0 Å². The molecule has 1 fully saturated rings. The van der Waals surface area contributed by atoms with E-state index in [4.69, 9.17) is 13.9 Å². The van der Waals surface area contributed by atoms with Crippen LogP contribution < -0.4 is 15.7 Å². The summed E-state index contributed by atoms with van der Waals surface area (Å²) in [7, 11) is -0.789. The van der Waals surface area contributed by atoms with Crippen molar-refractivity contribution in [1.29, 1.82) is 0 Å². The topological polar surface area (TPSA) is 39.7 Å². The number of hydrogen-bond acceptors (Lipinski definition) is 4. The van der Waals surface area contributed by atoms with Crippen LogP contribution in [0.4, 0.5) is 0 Å². The Balaban J connectivity index is 1.85. The van der Waals surface area contributed by atoms with E-state index in [1.54, 1.807) is 7.11 Å². The Bertz CT molecular complexity index is 693. The van der Waals surface area contributed by atoms with Gasteiger partial charge in [0.15, 0.2) is 0 Å². The van der Waals surface area contributed by atoms with Crippen molar-refractivity contribution < 1.29 is 13.9 Å². The molecule has 2 aromatic rings. The van der Waals surface area contributed by atoms with Crippen LogP contribution >= 0.6 is 0 Å². The minimum absolute atomic E-state index is 0.00274. The van der Waals surface area contributed by atoms with Crippen molar-refractivity contribution in [3.05, 3.63) is 60.7 Å². The molecule has 29 heavy (non-hydrogen) atoms. The smallest absolute Gasteiger partial charge is 0.261 e. The molecule has 0 bridgehead atoms. The molecule has 3 rings (SSSR count). The SMILES string of the molecule is COCCOC[C@@H]1C[C@H](O[Si](c2ccccc2)(c2ccccc2)C(C)(C)C)CN1. The summed E-state index contributed by atoms with van der Waals surface area (Å²) < 4.78 is 18.0. The van der Waals surface area contributed by atoms with Crippen LogP contribution in [0.1, 0.15) is 27.2 Å². The summed E-state index contributed by atoms with van der Waals surface area (Å²) in [6.07, 6.45) is 1.15. The summed E-state index contributed by atoms with van der Waals surface area (Å²) in [6, 6.07) is 22.0. The van der Waals surface area contributed by atoms with Gasteiger partial charge in [0.05, 0.1) is 25.9 Å². The zero-order valence-corrected chi connectivity index (χ0v) is 19.2. The van der Waals surface area contributed by atoms with Crippen molar-refractivity contribution in [2.24, 2.45) is 0 Å². The number of hydrogen-bond donors (Lipinski definition) is 1. The molecule has 1 aliphatic rings. The molecule has 2 aromatic carbocycles. The molecule has 158 valence electrons. The average Bonchev–Trinajstić information content (AvgIpc) is 3.17. The van der Waals surface area contributed by atoms with Crippen LogP contribution in [0.2, 0.25) is 5.04 Å². The van der Waals surface area contributed by atoms with E-state index in [0.29, 0.717) is 25.9 Å². The fourth-order valence-electron chi connectivity index (χ4n) is 4.31. The first-order chi connectivity index (χ1) is 14.0. The van der Waals surface area contributed by atoms with Gasteiger partial charge < -0.3 is 19.2 Å². The van der Waals surface area contributed by atoms with Crippen LogP contribution in [0, 0.1) is 0 Å². The number of rotatable bonds is 9. The van der Waals surface area contributed by atoms with E-state index in [1.807, 2.05) is 0 Å². The molecule has 0 aliphatic carbocycles. The summed E-state index contributed by atoms with van der Waals surface area (Å²) in [5.74, 6) is 0. The highest BCUT2D eigenvalue weighted by Gasteiger charge is 2.52. The van der Waals surface area contributed by atoms with Gasteiger partial charge in [-0.25, -0.2) is 0 Å². The van der Waals surface area contributed by atoms with Gasteiger partial charge in [-0.3, -0.25) is 0 Å². The molecule has 0 radical (unpaired) electrons. The average molecular weight is 414 g/mol. The predicted octanol–water partition coefficient (Wildman–Crippen LogP) is 2.96. The lowest BCUT2D eigenvalue weighted by Crippen LogP contribution is -2.67. The third-order valence-electron chi connectivity index (χ3n) is 5.69. The van der Waals surface area contributed by atoms with Gasteiger partial charge in [0.2, 0.25) is 0 Å². The molecule has 1 aliphatic heterocycles. The van der Waals surface area contributed by atoms with E-state index in [9.17, 15) is 0 Å². The molecule has 0 saturated carbocycles.